The lowest BCUT2D eigenvalue weighted by Crippen LogP contribution is -2.31. The van der Waals surface area contributed by atoms with Crippen molar-refractivity contribution in [3.05, 3.63) is 62.3 Å². The molecule has 1 amide bonds. The number of hydrogen-bond donors (Lipinski definition) is 1. The molecular weight excluding hydrogens is 334 g/mol. The van der Waals surface area contributed by atoms with E-state index in [0.29, 0.717) is 15.8 Å². The quantitative estimate of drug-likeness (QED) is 0.687. The van der Waals surface area contributed by atoms with Crippen LogP contribution in [0.1, 0.15) is 18.4 Å². The van der Waals surface area contributed by atoms with Gasteiger partial charge in [0.05, 0.1) is 0 Å². The lowest BCUT2D eigenvalue weighted by molar-refractivity contribution is -0.111. The monoisotopic (exact) mass is 347 g/mol. The number of rotatable bonds is 1. The minimum Gasteiger partial charge on any atom is -0.423 e. The summed E-state index contributed by atoms with van der Waals surface area (Å²) in [5.74, 6) is 4.88. The van der Waals surface area contributed by atoms with Crippen LogP contribution in [0.4, 0.5) is 5.00 Å². The Morgan fingerprint density at radius 3 is 2.80 bits per heavy atom. The van der Waals surface area contributed by atoms with Crippen LogP contribution in [0.2, 0.25) is 0 Å². The van der Waals surface area contributed by atoms with Crippen molar-refractivity contribution in [2.24, 2.45) is 0 Å². The van der Waals surface area contributed by atoms with Crippen LogP contribution >= 0.6 is 11.3 Å². The van der Waals surface area contributed by atoms with Gasteiger partial charge < -0.3 is 9.73 Å². The predicted molar refractivity (Wildman–Crippen MR) is 99.7 cm³/mol. The van der Waals surface area contributed by atoms with Gasteiger partial charge in [0.25, 0.3) is 0 Å². The number of thiophene rings is 1. The molecule has 2 aromatic heterocycles. The summed E-state index contributed by atoms with van der Waals surface area (Å²) in [7, 11) is 0. The number of hydrogen-bond acceptors (Lipinski definition) is 4. The first kappa shape index (κ1) is 15.4. The van der Waals surface area contributed by atoms with Crippen molar-refractivity contribution >= 4 is 45.2 Å². The number of benzene rings is 1. The molecule has 0 radical (unpaired) electrons. The highest BCUT2D eigenvalue weighted by molar-refractivity contribution is 7.16. The van der Waals surface area contributed by atoms with Gasteiger partial charge in [-0.15, -0.1) is 11.3 Å². The third kappa shape index (κ3) is 3.00. The van der Waals surface area contributed by atoms with Crippen molar-refractivity contribution in [3.8, 4) is 11.8 Å². The van der Waals surface area contributed by atoms with Crippen molar-refractivity contribution in [3.63, 3.8) is 0 Å². The summed E-state index contributed by atoms with van der Waals surface area (Å²) in [6.45, 7) is 0. The van der Waals surface area contributed by atoms with E-state index in [0.717, 1.165) is 29.0 Å². The molecule has 25 heavy (non-hydrogen) atoms. The van der Waals surface area contributed by atoms with Gasteiger partial charge in [0.1, 0.15) is 15.8 Å². The Labute approximate surface area is 147 Å². The number of amides is 1. The van der Waals surface area contributed by atoms with Crippen molar-refractivity contribution in [2.45, 2.75) is 12.8 Å². The maximum Gasteiger partial charge on any atom is 0.347 e. The first-order valence-corrected chi connectivity index (χ1v) is 8.73. The summed E-state index contributed by atoms with van der Waals surface area (Å²) in [4.78, 5) is 24.4. The fourth-order valence-corrected chi connectivity index (χ4v) is 3.72. The third-order valence-corrected chi connectivity index (χ3v) is 4.81. The van der Waals surface area contributed by atoms with Gasteiger partial charge in [0.15, 0.2) is 0 Å². The molecule has 1 aliphatic carbocycles. The van der Waals surface area contributed by atoms with E-state index >= 15 is 0 Å². The lowest BCUT2D eigenvalue weighted by atomic mass is 10.1. The highest BCUT2D eigenvalue weighted by Gasteiger charge is 2.14. The van der Waals surface area contributed by atoms with Crippen LogP contribution in [0, 0.1) is 11.8 Å². The standard InChI is InChI=1S/C20H13NO3S/c22-17(11-10-13-6-2-1-3-7-13)21-19-18-15(12-25-19)14-8-4-5-9-16(14)24-20(18)23/h1-3,6-9,12H,4-5H2,(H,21,22). The summed E-state index contributed by atoms with van der Waals surface area (Å²) in [5, 5.41) is 7.20. The molecule has 1 aromatic carbocycles. The van der Waals surface area contributed by atoms with Crippen LogP contribution in [0.15, 0.2) is 44.9 Å². The van der Waals surface area contributed by atoms with E-state index < -0.39 is 11.5 Å². The first-order valence-electron chi connectivity index (χ1n) is 7.85. The fourth-order valence-electron chi connectivity index (χ4n) is 2.78. The topological polar surface area (TPSA) is 59.3 Å². The maximum absolute atomic E-state index is 12.3. The second-order valence-electron chi connectivity index (χ2n) is 5.58. The van der Waals surface area contributed by atoms with Crippen LogP contribution in [0.5, 0.6) is 0 Å². The van der Waals surface area contributed by atoms with Gasteiger partial charge in [-0.05, 0) is 31.1 Å². The Morgan fingerprint density at radius 2 is 1.96 bits per heavy atom. The molecular formula is C20H13NO3S. The molecule has 2 heterocycles. The Morgan fingerprint density at radius 1 is 1.16 bits per heavy atom. The molecule has 4 rings (SSSR count). The number of nitrogens with one attached hydrogen (secondary N) is 1. The zero-order valence-corrected chi connectivity index (χ0v) is 14.0. The van der Waals surface area contributed by atoms with Crippen LogP contribution in [-0.4, -0.2) is 5.91 Å². The highest BCUT2D eigenvalue weighted by atomic mass is 32.1. The fraction of sp³-hybridized carbons (Fsp3) is 0.100. The molecule has 0 atom stereocenters. The van der Waals surface area contributed by atoms with Crippen molar-refractivity contribution in [2.75, 3.05) is 5.32 Å². The molecule has 5 heteroatoms. The van der Waals surface area contributed by atoms with Crippen molar-refractivity contribution in [1.29, 1.82) is 0 Å². The van der Waals surface area contributed by atoms with E-state index in [4.69, 9.17) is 4.42 Å². The van der Waals surface area contributed by atoms with E-state index in [1.165, 1.54) is 11.3 Å². The van der Waals surface area contributed by atoms with E-state index in [9.17, 15) is 9.59 Å². The van der Waals surface area contributed by atoms with Gasteiger partial charge in [-0.25, -0.2) is 4.79 Å². The molecule has 122 valence electrons. The Hall–Kier alpha value is -3.10. The molecule has 0 saturated heterocycles. The summed E-state index contributed by atoms with van der Waals surface area (Å²) < 4.78 is 5.40. The molecule has 4 nitrogen and oxygen atoms in total. The molecule has 0 aliphatic heterocycles. The second kappa shape index (κ2) is 6.42. The summed E-state index contributed by atoms with van der Waals surface area (Å²) in [6, 6.07) is 9.26. The zero-order chi connectivity index (χ0) is 17.2. The molecule has 1 N–H and O–H groups in total. The molecule has 3 aromatic rings. The summed E-state index contributed by atoms with van der Waals surface area (Å²) >= 11 is 1.31. The maximum atomic E-state index is 12.3. The Balaban J connectivity index is 1.71. The second-order valence-corrected chi connectivity index (χ2v) is 6.46. The van der Waals surface area contributed by atoms with Gasteiger partial charge in [0, 0.05) is 27.5 Å². The summed E-state index contributed by atoms with van der Waals surface area (Å²) in [6.07, 6.45) is 5.77. The number of anilines is 1. The van der Waals surface area contributed by atoms with Crippen LogP contribution in [-0.2, 0) is 4.79 Å². The van der Waals surface area contributed by atoms with Gasteiger partial charge in [-0.2, -0.15) is 0 Å². The molecule has 0 fully saturated rings. The third-order valence-electron chi connectivity index (χ3n) is 3.92. The molecule has 0 unspecified atom stereocenters. The van der Waals surface area contributed by atoms with Gasteiger partial charge in [0.2, 0.25) is 0 Å². The van der Waals surface area contributed by atoms with E-state index in [-0.39, 0.29) is 0 Å². The van der Waals surface area contributed by atoms with Gasteiger partial charge >= 0.3 is 11.5 Å². The number of carbonyl (C=O) groups is 1. The zero-order valence-electron chi connectivity index (χ0n) is 13.2. The van der Waals surface area contributed by atoms with E-state index in [1.54, 1.807) is 0 Å². The Kier molecular flexibility index (Phi) is 3.96. The molecule has 0 saturated carbocycles. The summed E-state index contributed by atoms with van der Waals surface area (Å²) in [5.41, 5.74) is 0.934. The molecule has 0 spiro atoms. The normalized spacial score (nSPS) is 12.3. The van der Waals surface area contributed by atoms with E-state index in [2.05, 4.69) is 23.2 Å². The predicted octanol–water partition coefficient (Wildman–Crippen LogP) is 2.20. The molecule has 0 bridgehead atoms. The van der Waals surface area contributed by atoms with E-state index in [1.807, 2.05) is 41.8 Å². The Bertz CT molecular complexity index is 1210. The van der Waals surface area contributed by atoms with Gasteiger partial charge in [-0.3, -0.25) is 4.79 Å². The van der Waals surface area contributed by atoms with Gasteiger partial charge in [-0.1, -0.05) is 30.2 Å². The van der Waals surface area contributed by atoms with Crippen molar-refractivity contribution in [1.82, 2.24) is 0 Å². The minimum atomic E-state index is -0.458. The average Bonchev–Trinajstić information content (AvgIpc) is 3.05. The number of fused-ring (bicyclic) bond motifs is 3. The SMILES string of the molecule is O=C(C#Cc1ccccc1)Nc1scc2c3c(oc(=O)c12)=CCCC=3. The molecule has 1 aliphatic rings. The first-order chi connectivity index (χ1) is 12.2. The highest BCUT2D eigenvalue weighted by Crippen LogP contribution is 2.25. The lowest BCUT2D eigenvalue weighted by Gasteiger charge is -2.01. The van der Waals surface area contributed by atoms with Crippen LogP contribution in [0.3, 0.4) is 0 Å². The average molecular weight is 347 g/mol. The van der Waals surface area contributed by atoms with Crippen LogP contribution < -0.4 is 21.6 Å². The smallest absolute Gasteiger partial charge is 0.347 e. The van der Waals surface area contributed by atoms with Crippen LogP contribution in [0.25, 0.3) is 22.9 Å². The largest absolute Gasteiger partial charge is 0.423 e. The van der Waals surface area contributed by atoms with Crippen molar-refractivity contribution < 1.29 is 9.21 Å². The minimum absolute atomic E-state index is 0.408. The number of carbonyl (C=O) groups excluding carboxylic acids is 1.